The molecule has 13 nitrogen and oxygen atoms in total. The monoisotopic (exact) mass is 421 g/mol. The van der Waals surface area contributed by atoms with Gasteiger partial charge < -0.3 is 20.6 Å². The molecule has 15 heteroatoms. The van der Waals surface area contributed by atoms with E-state index < -0.39 is 40.2 Å². The van der Waals surface area contributed by atoms with Crippen LogP contribution in [0.5, 0.6) is 0 Å². The molecule has 4 N–H and O–H groups in total. The summed E-state index contributed by atoms with van der Waals surface area (Å²) in [7, 11) is -4.07. The van der Waals surface area contributed by atoms with Gasteiger partial charge in [0.05, 0.1) is 7.11 Å². The number of carbonyl (C=O) groups is 3. The number of β-lactam (4-membered cyclic amide) rings is 1. The Kier molecular flexibility index (Phi) is 5.97. The van der Waals surface area contributed by atoms with E-state index in [0.717, 1.165) is 18.4 Å². The lowest BCUT2D eigenvalue weighted by Gasteiger charge is -2.41. The number of hydrogen-bond acceptors (Lipinski definition) is 11. The Morgan fingerprint density at radius 2 is 2.19 bits per heavy atom. The van der Waals surface area contributed by atoms with Crippen molar-refractivity contribution in [3.05, 3.63) is 11.1 Å². The Hall–Kier alpha value is -2.78. The Morgan fingerprint density at radius 1 is 1.52 bits per heavy atom. The van der Waals surface area contributed by atoms with Crippen LogP contribution in [0.25, 0.3) is 0 Å². The highest BCUT2D eigenvalue weighted by Gasteiger charge is 2.58. The molecule has 2 heterocycles. The first-order valence-electron chi connectivity index (χ1n) is 7.22. The molecular formula is C12H15N5O8S2. The number of carbonyl (C=O) groups excluding carboxylic acids is 3. The highest BCUT2D eigenvalue weighted by atomic mass is 32.2. The van der Waals surface area contributed by atoms with Gasteiger partial charge in [-0.05, 0) is 6.92 Å². The van der Waals surface area contributed by atoms with Gasteiger partial charge >= 0.3 is 16.3 Å². The van der Waals surface area contributed by atoms with Crippen molar-refractivity contribution in [2.45, 2.75) is 19.0 Å². The summed E-state index contributed by atoms with van der Waals surface area (Å²) in [4.78, 5) is 45.0. The van der Waals surface area contributed by atoms with Gasteiger partial charge in [-0.1, -0.05) is 5.16 Å². The normalized spacial score (nSPS) is 20.0. The molecule has 148 valence electrons. The van der Waals surface area contributed by atoms with Gasteiger partial charge in [0.1, 0.15) is 18.3 Å². The molecule has 0 aromatic carbocycles. The number of hydrogen-bond donors (Lipinski definition) is 3. The maximum absolute atomic E-state index is 12.5. The molecule has 0 spiro atoms. The van der Waals surface area contributed by atoms with E-state index in [1.807, 2.05) is 0 Å². The third kappa shape index (κ3) is 4.15. The molecule has 2 amide bonds. The van der Waals surface area contributed by atoms with E-state index >= 15 is 0 Å². The van der Waals surface area contributed by atoms with Crippen molar-refractivity contribution in [1.82, 2.24) is 14.6 Å². The lowest BCUT2D eigenvalue weighted by atomic mass is 9.98. The van der Waals surface area contributed by atoms with Gasteiger partial charge in [-0.15, -0.1) is 11.3 Å². The van der Waals surface area contributed by atoms with Gasteiger partial charge in [0.25, 0.3) is 11.8 Å². The van der Waals surface area contributed by atoms with Gasteiger partial charge in [0.15, 0.2) is 16.9 Å². The molecule has 0 unspecified atom stereocenters. The number of thiazole rings is 1. The van der Waals surface area contributed by atoms with E-state index in [1.165, 1.54) is 5.38 Å². The van der Waals surface area contributed by atoms with Crippen molar-refractivity contribution in [3.8, 4) is 0 Å². The predicted molar refractivity (Wildman–Crippen MR) is 90.8 cm³/mol. The highest BCUT2D eigenvalue weighted by Crippen LogP contribution is 2.25. The molecule has 1 aromatic rings. The molecule has 0 saturated carbocycles. The average molecular weight is 421 g/mol. The third-order valence-corrected chi connectivity index (χ3v) is 4.87. The fourth-order valence-corrected chi connectivity index (χ4v) is 3.54. The maximum atomic E-state index is 12.5. The maximum Gasteiger partial charge on any atom is 0.363 e. The minimum atomic E-state index is -5.02. The molecule has 0 bridgehead atoms. The van der Waals surface area contributed by atoms with E-state index in [1.54, 1.807) is 6.92 Å². The molecule has 1 aliphatic rings. The van der Waals surface area contributed by atoms with Crippen LogP contribution >= 0.6 is 11.3 Å². The quantitative estimate of drug-likeness (QED) is 0.148. The standard InChI is InChI=1S/C12H15N5O8S2/c1-3-25-16-6(5-4-26-12(13)14-5)9(18)15-7-8(11(20)24-2)17(10(7)19)27(21,22)23/h4,7-8H,3H2,1-2H3,(H2,13,14)(H,15,18)(H,21,22,23)/t7-,8-/m1/s1. The predicted octanol–water partition coefficient (Wildman–Crippen LogP) is -1.86. The van der Waals surface area contributed by atoms with Crippen molar-refractivity contribution in [3.63, 3.8) is 0 Å². The van der Waals surface area contributed by atoms with Crippen LogP contribution in [-0.4, -0.2) is 71.6 Å². The molecule has 0 radical (unpaired) electrons. The zero-order valence-corrected chi connectivity index (χ0v) is 15.6. The molecule has 1 saturated heterocycles. The van der Waals surface area contributed by atoms with E-state index in [4.69, 9.17) is 15.1 Å². The number of aromatic nitrogens is 1. The number of ether oxygens (including phenoxy) is 1. The van der Waals surface area contributed by atoms with E-state index in [-0.39, 0.29) is 27.4 Å². The average Bonchev–Trinajstić information content (AvgIpc) is 3.01. The number of amides is 2. The van der Waals surface area contributed by atoms with Gasteiger partial charge in [0.2, 0.25) is 0 Å². The second kappa shape index (κ2) is 7.85. The van der Waals surface area contributed by atoms with Gasteiger partial charge in [-0.25, -0.2) is 9.78 Å². The van der Waals surface area contributed by atoms with Gasteiger partial charge in [0, 0.05) is 5.38 Å². The molecule has 2 atom stereocenters. The fraction of sp³-hybridized carbons (Fsp3) is 0.417. The second-order valence-electron chi connectivity index (χ2n) is 4.96. The summed E-state index contributed by atoms with van der Waals surface area (Å²) in [6.45, 7) is 1.74. The molecule has 0 aliphatic carbocycles. The van der Waals surface area contributed by atoms with Crippen LogP contribution in [0.4, 0.5) is 5.13 Å². The number of rotatable bonds is 7. The zero-order valence-electron chi connectivity index (χ0n) is 14.0. The van der Waals surface area contributed by atoms with Gasteiger partial charge in [-0.2, -0.15) is 12.7 Å². The van der Waals surface area contributed by atoms with Crippen LogP contribution in [0, 0.1) is 0 Å². The van der Waals surface area contributed by atoms with Crippen molar-refractivity contribution < 1.29 is 36.9 Å². The molecule has 27 heavy (non-hydrogen) atoms. The SMILES string of the molecule is CCON=C(C(=O)N[C@H]1C(=O)N(S(=O)(=O)O)[C@H]1C(=O)OC)c1csc(N)n1. The first-order valence-corrected chi connectivity index (χ1v) is 9.50. The summed E-state index contributed by atoms with van der Waals surface area (Å²) in [6.07, 6.45) is 0. The highest BCUT2D eigenvalue weighted by molar-refractivity contribution is 7.84. The van der Waals surface area contributed by atoms with Crippen molar-refractivity contribution in [1.29, 1.82) is 0 Å². The number of nitrogen functional groups attached to an aromatic ring is 1. The lowest BCUT2D eigenvalue weighted by Crippen LogP contribution is -2.74. The van der Waals surface area contributed by atoms with E-state index in [9.17, 15) is 22.8 Å². The number of oxime groups is 1. The van der Waals surface area contributed by atoms with E-state index in [2.05, 4.69) is 20.2 Å². The number of anilines is 1. The largest absolute Gasteiger partial charge is 0.467 e. The topological polar surface area (TPSA) is 191 Å². The molecule has 1 fully saturated rings. The smallest absolute Gasteiger partial charge is 0.363 e. The molecular weight excluding hydrogens is 406 g/mol. The first-order chi connectivity index (χ1) is 12.6. The Morgan fingerprint density at radius 3 is 2.67 bits per heavy atom. The lowest BCUT2D eigenvalue weighted by molar-refractivity contribution is -0.162. The summed E-state index contributed by atoms with van der Waals surface area (Å²) < 4.78 is 35.9. The molecule has 2 rings (SSSR count). The van der Waals surface area contributed by atoms with Gasteiger partial charge in [-0.3, -0.25) is 14.1 Å². The summed E-state index contributed by atoms with van der Waals surface area (Å²) in [5, 5.41) is 7.32. The van der Waals surface area contributed by atoms with Crippen LogP contribution in [0.1, 0.15) is 12.6 Å². The minimum absolute atomic E-state index is 0.0523. The number of methoxy groups -OCH3 is 1. The number of esters is 1. The van der Waals surface area contributed by atoms with Crippen molar-refractivity contribution in [2.24, 2.45) is 5.16 Å². The van der Waals surface area contributed by atoms with Crippen molar-refractivity contribution in [2.75, 3.05) is 19.5 Å². The number of nitrogens with zero attached hydrogens (tertiary/aromatic N) is 3. The Balaban J connectivity index is 2.28. The van der Waals surface area contributed by atoms with Crippen LogP contribution in [0.3, 0.4) is 0 Å². The summed E-state index contributed by atoms with van der Waals surface area (Å²) in [6, 6.07) is -3.37. The fourth-order valence-electron chi connectivity index (χ4n) is 2.15. The van der Waals surface area contributed by atoms with Crippen LogP contribution in [0.15, 0.2) is 10.5 Å². The van der Waals surface area contributed by atoms with E-state index in [0.29, 0.717) is 0 Å². The van der Waals surface area contributed by atoms with Crippen LogP contribution in [0.2, 0.25) is 0 Å². The zero-order chi connectivity index (χ0) is 20.4. The summed E-state index contributed by atoms with van der Waals surface area (Å²) >= 11 is 1.02. The summed E-state index contributed by atoms with van der Waals surface area (Å²) in [5.41, 5.74) is 5.23. The first kappa shape index (κ1) is 20.5. The minimum Gasteiger partial charge on any atom is -0.467 e. The number of nitrogens with two attached hydrogens (primary N) is 1. The summed E-state index contributed by atoms with van der Waals surface area (Å²) in [5.74, 6) is -3.36. The molecule has 1 aromatic heterocycles. The van der Waals surface area contributed by atoms with Crippen molar-refractivity contribution >= 4 is 50.3 Å². The van der Waals surface area contributed by atoms with Crippen LogP contribution in [-0.2, 0) is 34.3 Å². The molecule has 1 aliphatic heterocycles. The third-order valence-electron chi connectivity index (χ3n) is 3.29. The second-order valence-corrected chi connectivity index (χ2v) is 7.14. The Bertz CT molecular complexity index is 895. The number of nitrogens with one attached hydrogen (secondary N) is 1. The Labute approximate surface area is 157 Å². The van der Waals surface area contributed by atoms with Crippen LogP contribution < -0.4 is 11.1 Å².